The Kier molecular flexibility index (Phi) is 6.61. The monoisotopic (exact) mass is 351 g/mol. The van der Waals surface area contributed by atoms with Crippen molar-refractivity contribution in [3.8, 4) is 5.75 Å². The van der Waals surface area contributed by atoms with E-state index in [1.165, 1.54) is 22.4 Å². The number of aryl methyl sites for hydroxylation is 3. The van der Waals surface area contributed by atoms with Crippen LogP contribution in [0.1, 0.15) is 29.5 Å². The van der Waals surface area contributed by atoms with Gasteiger partial charge in [-0.15, -0.1) is 0 Å². The molecule has 0 amide bonds. The van der Waals surface area contributed by atoms with Gasteiger partial charge in [-0.25, -0.2) is 0 Å². The maximum absolute atomic E-state index is 6.08. The molecule has 1 N–H and O–H groups in total. The molecule has 2 rings (SSSR count). The van der Waals surface area contributed by atoms with Crippen molar-refractivity contribution < 1.29 is 4.74 Å². The predicted molar refractivity (Wildman–Crippen MR) is 100 cm³/mol. The highest BCUT2D eigenvalue weighted by Crippen LogP contribution is 2.27. The molecule has 0 radical (unpaired) electrons. The quantitative estimate of drug-likeness (QED) is 0.600. The minimum atomic E-state index is 0.557. The second kappa shape index (κ2) is 8.47. The average molecular weight is 352 g/mol. The number of anilines is 1. The number of hydrogen-bond donors (Lipinski definition) is 1. The van der Waals surface area contributed by atoms with Crippen LogP contribution in [0.4, 0.5) is 5.69 Å². The van der Waals surface area contributed by atoms with Gasteiger partial charge in [-0.1, -0.05) is 40.9 Å². The molecule has 0 aromatic heterocycles. The summed E-state index contributed by atoms with van der Waals surface area (Å²) in [6.07, 6.45) is 2.01. The Balaban J connectivity index is 1.72. The number of nitrogens with one attached hydrogen (secondary N) is 1. The number of ether oxygens (including phenoxy) is 1. The van der Waals surface area contributed by atoms with Gasteiger partial charge < -0.3 is 10.1 Å². The fourth-order valence-electron chi connectivity index (χ4n) is 2.67. The van der Waals surface area contributed by atoms with Crippen LogP contribution < -0.4 is 10.1 Å². The first kappa shape index (κ1) is 18.0. The Labute approximate surface area is 148 Å². The van der Waals surface area contributed by atoms with Gasteiger partial charge in [0.05, 0.1) is 11.6 Å². The smallest absolute Gasteiger partial charge is 0.137 e. The third-order valence-corrected chi connectivity index (χ3v) is 4.23. The van der Waals surface area contributed by atoms with Crippen molar-refractivity contribution in [3.05, 3.63) is 57.1 Å². The van der Waals surface area contributed by atoms with E-state index in [0.717, 1.165) is 19.4 Å². The molecule has 2 nitrogen and oxygen atoms in total. The molecule has 0 atom stereocenters. The van der Waals surface area contributed by atoms with E-state index in [1.54, 1.807) is 12.1 Å². The van der Waals surface area contributed by atoms with E-state index in [0.29, 0.717) is 22.4 Å². The number of unbranched alkanes of at least 4 members (excludes halogenated alkanes) is 1. The van der Waals surface area contributed by atoms with Gasteiger partial charge in [-0.2, -0.15) is 0 Å². The Bertz CT molecular complexity index is 647. The summed E-state index contributed by atoms with van der Waals surface area (Å²) in [6.45, 7) is 8.00. The minimum absolute atomic E-state index is 0.557. The van der Waals surface area contributed by atoms with Crippen molar-refractivity contribution in [2.45, 2.75) is 33.6 Å². The summed E-state index contributed by atoms with van der Waals surface area (Å²) in [6, 6.07) is 9.71. The first-order chi connectivity index (χ1) is 11.0. The standard InChI is InChI=1S/C19H23Cl2NO/c1-13-10-14(2)19(15(3)11-13)22-8-4-5-9-23-18-7-6-16(20)12-17(18)21/h6-7,10-12,22H,4-5,8-9H2,1-3H3. The third kappa shape index (κ3) is 5.33. The van der Waals surface area contributed by atoms with Crippen LogP contribution in [-0.2, 0) is 0 Å². The summed E-state index contributed by atoms with van der Waals surface area (Å²) in [4.78, 5) is 0. The van der Waals surface area contributed by atoms with Crippen LogP contribution in [0.15, 0.2) is 30.3 Å². The third-order valence-electron chi connectivity index (χ3n) is 3.70. The van der Waals surface area contributed by atoms with Gasteiger partial charge in [-0.3, -0.25) is 0 Å². The molecule has 2 aromatic carbocycles. The zero-order valence-electron chi connectivity index (χ0n) is 13.9. The highest BCUT2D eigenvalue weighted by atomic mass is 35.5. The predicted octanol–water partition coefficient (Wildman–Crippen LogP) is 6.19. The molecular weight excluding hydrogens is 329 g/mol. The lowest BCUT2D eigenvalue weighted by molar-refractivity contribution is 0.308. The molecule has 0 bridgehead atoms. The first-order valence-corrected chi connectivity index (χ1v) is 8.62. The summed E-state index contributed by atoms with van der Waals surface area (Å²) in [5.74, 6) is 0.689. The van der Waals surface area contributed by atoms with Gasteiger partial charge in [0.25, 0.3) is 0 Å². The fourth-order valence-corrected chi connectivity index (χ4v) is 3.14. The van der Waals surface area contributed by atoms with Gasteiger partial charge >= 0.3 is 0 Å². The van der Waals surface area contributed by atoms with Crippen molar-refractivity contribution in [1.29, 1.82) is 0 Å². The van der Waals surface area contributed by atoms with E-state index in [1.807, 2.05) is 6.07 Å². The second-order valence-electron chi connectivity index (χ2n) is 5.83. The maximum Gasteiger partial charge on any atom is 0.137 e. The van der Waals surface area contributed by atoms with E-state index in [9.17, 15) is 0 Å². The molecule has 23 heavy (non-hydrogen) atoms. The normalized spacial score (nSPS) is 10.7. The van der Waals surface area contributed by atoms with E-state index < -0.39 is 0 Å². The van der Waals surface area contributed by atoms with E-state index in [4.69, 9.17) is 27.9 Å². The summed E-state index contributed by atoms with van der Waals surface area (Å²) in [5.41, 5.74) is 5.15. The van der Waals surface area contributed by atoms with E-state index >= 15 is 0 Å². The molecule has 0 aliphatic rings. The van der Waals surface area contributed by atoms with Crippen molar-refractivity contribution in [1.82, 2.24) is 0 Å². The molecule has 0 aliphatic heterocycles. The van der Waals surface area contributed by atoms with Crippen molar-refractivity contribution in [2.24, 2.45) is 0 Å². The van der Waals surface area contributed by atoms with Crippen LogP contribution in [0.2, 0.25) is 10.0 Å². The van der Waals surface area contributed by atoms with Gasteiger partial charge in [0.15, 0.2) is 0 Å². The number of rotatable bonds is 7. The Hall–Kier alpha value is -1.38. The molecule has 0 fully saturated rings. The zero-order valence-corrected chi connectivity index (χ0v) is 15.4. The molecule has 0 heterocycles. The average Bonchev–Trinajstić information content (AvgIpc) is 2.46. The van der Waals surface area contributed by atoms with Gasteiger partial charge in [0.2, 0.25) is 0 Å². The van der Waals surface area contributed by atoms with Crippen molar-refractivity contribution in [2.75, 3.05) is 18.5 Å². The van der Waals surface area contributed by atoms with Gasteiger partial charge in [0.1, 0.15) is 5.75 Å². The molecule has 0 unspecified atom stereocenters. The second-order valence-corrected chi connectivity index (χ2v) is 6.67. The minimum Gasteiger partial charge on any atom is -0.492 e. The van der Waals surface area contributed by atoms with Crippen LogP contribution in [0.5, 0.6) is 5.75 Å². The van der Waals surface area contributed by atoms with Crippen LogP contribution in [0, 0.1) is 20.8 Å². The fraction of sp³-hybridized carbons (Fsp3) is 0.368. The molecule has 0 spiro atoms. The lowest BCUT2D eigenvalue weighted by atomic mass is 10.1. The lowest BCUT2D eigenvalue weighted by Crippen LogP contribution is -2.07. The largest absolute Gasteiger partial charge is 0.492 e. The van der Waals surface area contributed by atoms with Crippen LogP contribution in [-0.4, -0.2) is 13.2 Å². The molecule has 0 saturated heterocycles. The summed E-state index contributed by atoms with van der Waals surface area (Å²) < 4.78 is 5.69. The summed E-state index contributed by atoms with van der Waals surface area (Å²) in [5, 5.41) is 4.70. The van der Waals surface area contributed by atoms with Crippen LogP contribution in [0.3, 0.4) is 0 Å². The van der Waals surface area contributed by atoms with Gasteiger partial charge in [0, 0.05) is 17.3 Å². The maximum atomic E-state index is 6.08. The number of halogens is 2. The topological polar surface area (TPSA) is 21.3 Å². The molecule has 4 heteroatoms. The summed E-state index contributed by atoms with van der Waals surface area (Å²) in [7, 11) is 0. The number of hydrogen-bond acceptors (Lipinski definition) is 2. The first-order valence-electron chi connectivity index (χ1n) is 7.87. The zero-order chi connectivity index (χ0) is 16.8. The lowest BCUT2D eigenvalue weighted by Gasteiger charge is -2.14. The van der Waals surface area contributed by atoms with Crippen LogP contribution >= 0.6 is 23.2 Å². The molecule has 0 aliphatic carbocycles. The molecular formula is C19H23Cl2NO. The SMILES string of the molecule is Cc1cc(C)c(NCCCCOc2ccc(Cl)cc2Cl)c(C)c1. The van der Waals surface area contributed by atoms with Crippen molar-refractivity contribution >= 4 is 28.9 Å². The Morgan fingerprint density at radius 3 is 2.30 bits per heavy atom. The van der Waals surface area contributed by atoms with E-state index in [2.05, 4.69) is 38.2 Å². The Morgan fingerprint density at radius 1 is 0.957 bits per heavy atom. The number of benzene rings is 2. The molecule has 2 aromatic rings. The molecule has 0 saturated carbocycles. The van der Waals surface area contributed by atoms with Crippen LogP contribution in [0.25, 0.3) is 0 Å². The Morgan fingerprint density at radius 2 is 1.65 bits per heavy atom. The van der Waals surface area contributed by atoms with Gasteiger partial charge in [-0.05, 0) is 62.9 Å². The highest BCUT2D eigenvalue weighted by Gasteiger charge is 2.04. The van der Waals surface area contributed by atoms with E-state index in [-0.39, 0.29) is 0 Å². The van der Waals surface area contributed by atoms with Crippen molar-refractivity contribution in [3.63, 3.8) is 0 Å². The molecule has 124 valence electrons. The highest BCUT2D eigenvalue weighted by molar-refractivity contribution is 6.35. The summed E-state index contributed by atoms with van der Waals surface area (Å²) >= 11 is 11.9.